The van der Waals surface area contributed by atoms with E-state index in [2.05, 4.69) is 82.3 Å². The molecule has 3 rings (SSSR count). The van der Waals surface area contributed by atoms with E-state index in [-0.39, 0.29) is 5.78 Å². The number of carbonyl (C=O) groups excluding carboxylic acids is 1. The van der Waals surface area contributed by atoms with E-state index in [1.807, 2.05) is 74.4 Å². The van der Waals surface area contributed by atoms with Gasteiger partial charge in [0.1, 0.15) is 0 Å². The van der Waals surface area contributed by atoms with E-state index >= 15 is 0 Å². The van der Waals surface area contributed by atoms with E-state index in [1.54, 1.807) is 6.08 Å². The lowest BCUT2D eigenvalue weighted by Gasteiger charge is -2.12. The third-order valence-corrected chi connectivity index (χ3v) is 5.67. The monoisotopic (exact) mass is 556 g/mol. The van der Waals surface area contributed by atoms with Crippen LogP contribution in [0.1, 0.15) is 88.1 Å². The number of benzene rings is 1. The predicted octanol–water partition coefficient (Wildman–Crippen LogP) is 10.2. The van der Waals surface area contributed by atoms with E-state index < -0.39 is 0 Å². The van der Waals surface area contributed by atoms with Crippen molar-refractivity contribution in [3.8, 4) is 11.1 Å². The van der Waals surface area contributed by atoms with Crippen molar-refractivity contribution in [2.24, 2.45) is 16.3 Å². The van der Waals surface area contributed by atoms with E-state index in [0.717, 1.165) is 44.8 Å². The molecule has 0 bridgehead atoms. The molecule has 5 nitrogen and oxygen atoms in total. The van der Waals surface area contributed by atoms with Crippen LogP contribution >= 0.6 is 0 Å². The number of aliphatic imine (C=N–C) groups is 1. The quantitative estimate of drug-likeness (QED) is 0.170. The molecule has 0 spiro atoms. The van der Waals surface area contributed by atoms with Gasteiger partial charge in [-0.05, 0) is 62.3 Å². The maximum Gasteiger partial charge on any atom is 0.154 e. The molecule has 0 saturated heterocycles. The SMILES string of the molecule is C=C(/C=C\C=C/C)Cn1cc(-c2ccc3[nH]cc(/C(=C/C(C)=O)N=C(C)C)c3c2)cn1.CC(C)C.CCC(C)(C)C. The molecule has 1 aromatic carbocycles. The van der Waals surface area contributed by atoms with Gasteiger partial charge >= 0.3 is 0 Å². The summed E-state index contributed by atoms with van der Waals surface area (Å²) < 4.78 is 1.88. The number of hydrogen-bond acceptors (Lipinski definition) is 3. The molecule has 0 radical (unpaired) electrons. The maximum absolute atomic E-state index is 11.7. The molecular formula is C36H52N4O. The third kappa shape index (κ3) is 13.9. The Morgan fingerprint density at radius 2 is 1.76 bits per heavy atom. The van der Waals surface area contributed by atoms with Crippen LogP contribution < -0.4 is 0 Å². The Morgan fingerprint density at radius 1 is 1.12 bits per heavy atom. The number of carbonyl (C=O) groups is 1. The maximum atomic E-state index is 11.7. The molecule has 222 valence electrons. The van der Waals surface area contributed by atoms with Crippen LogP contribution in [0.5, 0.6) is 0 Å². The van der Waals surface area contributed by atoms with Gasteiger partial charge in [-0.25, -0.2) is 0 Å². The molecule has 0 unspecified atom stereocenters. The molecule has 0 amide bonds. The summed E-state index contributed by atoms with van der Waals surface area (Å²) in [5.41, 5.74) is 7.04. The van der Waals surface area contributed by atoms with Crippen LogP contribution in [0.3, 0.4) is 0 Å². The molecule has 41 heavy (non-hydrogen) atoms. The van der Waals surface area contributed by atoms with Crippen molar-refractivity contribution in [2.45, 2.75) is 89.1 Å². The summed E-state index contributed by atoms with van der Waals surface area (Å²) in [4.78, 5) is 19.6. The largest absolute Gasteiger partial charge is 0.360 e. The Balaban J connectivity index is 0.000000722. The van der Waals surface area contributed by atoms with Gasteiger partial charge < -0.3 is 4.98 Å². The Labute approximate surface area is 248 Å². The molecule has 2 heterocycles. The fraction of sp³-hybridized carbons (Fsp3) is 0.417. The first kappa shape index (κ1) is 35.3. The van der Waals surface area contributed by atoms with E-state index in [9.17, 15) is 4.79 Å². The van der Waals surface area contributed by atoms with Gasteiger partial charge in [-0.2, -0.15) is 5.10 Å². The molecule has 5 heteroatoms. The van der Waals surface area contributed by atoms with E-state index in [0.29, 0.717) is 17.7 Å². The summed E-state index contributed by atoms with van der Waals surface area (Å²) in [6, 6.07) is 6.21. The number of nitrogens with one attached hydrogen (secondary N) is 1. The second-order valence-corrected chi connectivity index (χ2v) is 12.3. The highest BCUT2D eigenvalue weighted by Crippen LogP contribution is 2.30. The smallest absolute Gasteiger partial charge is 0.154 e. The van der Waals surface area contributed by atoms with Crippen molar-refractivity contribution >= 4 is 28.1 Å². The van der Waals surface area contributed by atoms with Crippen molar-refractivity contribution in [2.75, 3.05) is 0 Å². The lowest BCUT2D eigenvalue weighted by atomic mass is 9.94. The van der Waals surface area contributed by atoms with Gasteiger partial charge in [-0.15, -0.1) is 0 Å². The minimum atomic E-state index is -0.0320. The average molecular weight is 557 g/mol. The van der Waals surface area contributed by atoms with Gasteiger partial charge in [-0.3, -0.25) is 14.5 Å². The second kappa shape index (κ2) is 17.2. The summed E-state index contributed by atoms with van der Waals surface area (Å²) in [5.74, 6) is 0.801. The lowest BCUT2D eigenvalue weighted by molar-refractivity contribution is -0.112. The highest BCUT2D eigenvalue weighted by Gasteiger charge is 2.12. The van der Waals surface area contributed by atoms with Crippen LogP contribution in [-0.4, -0.2) is 26.3 Å². The number of nitrogens with zero attached hydrogens (tertiary/aromatic N) is 3. The first-order valence-corrected chi connectivity index (χ1v) is 14.5. The summed E-state index contributed by atoms with van der Waals surface area (Å²) in [6.07, 6.45) is 16.5. The topological polar surface area (TPSA) is 63.0 Å². The van der Waals surface area contributed by atoms with E-state index in [1.165, 1.54) is 13.3 Å². The normalized spacial score (nSPS) is 11.9. The number of H-pyrrole nitrogens is 1. The number of aromatic amines is 1. The van der Waals surface area contributed by atoms with Crippen LogP contribution in [0.4, 0.5) is 0 Å². The van der Waals surface area contributed by atoms with Crippen LogP contribution in [0, 0.1) is 11.3 Å². The molecule has 2 aromatic heterocycles. The van der Waals surface area contributed by atoms with Gasteiger partial charge in [0.05, 0.1) is 18.4 Å². The van der Waals surface area contributed by atoms with Crippen molar-refractivity contribution < 1.29 is 4.79 Å². The average Bonchev–Trinajstić information content (AvgIpc) is 3.49. The molecule has 0 fully saturated rings. The van der Waals surface area contributed by atoms with Crippen molar-refractivity contribution in [1.29, 1.82) is 0 Å². The predicted molar refractivity (Wildman–Crippen MR) is 180 cm³/mol. The fourth-order valence-electron chi connectivity index (χ4n) is 3.28. The number of fused-ring (bicyclic) bond motifs is 1. The number of aromatic nitrogens is 3. The minimum absolute atomic E-state index is 0.0320. The highest BCUT2D eigenvalue weighted by atomic mass is 16.1. The van der Waals surface area contributed by atoms with Crippen molar-refractivity contribution in [1.82, 2.24) is 14.8 Å². The zero-order chi connectivity index (χ0) is 31.2. The Kier molecular flexibility index (Phi) is 14.8. The van der Waals surface area contributed by atoms with Crippen molar-refractivity contribution in [3.63, 3.8) is 0 Å². The number of rotatable bonds is 8. The Morgan fingerprint density at radius 3 is 2.29 bits per heavy atom. The Hall–Kier alpha value is -3.73. The van der Waals surface area contributed by atoms with Gasteiger partial charge in [0.25, 0.3) is 0 Å². The standard InChI is InChI=1S/C26H28N4O.C6H14.C4H10/c1-6-7-8-9-19(4)16-30-17-22(14-28-30)21-10-11-25-23(13-21)24(15-27-25)26(12-20(5)31)29-18(2)3;1-5-6(2,3)4;1-4(2)3/h6-15,17,27H,4,16H2,1-3,5H3;5H2,1-4H3;4H,1-3H3/b7-6-,9-8-,26-12-;;. The summed E-state index contributed by atoms with van der Waals surface area (Å²) in [5, 5.41) is 5.50. The summed E-state index contributed by atoms with van der Waals surface area (Å²) in [6.45, 7) is 27.5. The molecular weight excluding hydrogens is 504 g/mol. The highest BCUT2D eigenvalue weighted by molar-refractivity contribution is 6.03. The van der Waals surface area contributed by atoms with Crippen molar-refractivity contribution in [3.05, 3.63) is 84.9 Å². The van der Waals surface area contributed by atoms with Gasteiger partial charge in [0.2, 0.25) is 0 Å². The number of ketones is 1. The number of hydrogen-bond donors (Lipinski definition) is 1. The van der Waals surface area contributed by atoms with Crippen LogP contribution in [0.25, 0.3) is 27.7 Å². The molecule has 0 aliphatic rings. The lowest BCUT2D eigenvalue weighted by Crippen LogP contribution is -2.00. The van der Waals surface area contributed by atoms with Gasteiger partial charge in [0.15, 0.2) is 5.78 Å². The third-order valence-electron chi connectivity index (χ3n) is 5.67. The number of allylic oxidation sites excluding steroid dienone is 6. The second-order valence-electron chi connectivity index (χ2n) is 12.3. The van der Waals surface area contributed by atoms with Gasteiger partial charge in [0, 0.05) is 46.2 Å². The molecule has 0 saturated carbocycles. The summed E-state index contributed by atoms with van der Waals surface area (Å²) in [7, 11) is 0. The first-order valence-electron chi connectivity index (χ1n) is 14.5. The zero-order valence-corrected chi connectivity index (χ0v) is 27.3. The Bertz CT molecular complexity index is 1380. The van der Waals surface area contributed by atoms with Crippen LogP contribution in [0.15, 0.2) is 84.3 Å². The first-order chi connectivity index (χ1) is 19.2. The fourth-order valence-corrected chi connectivity index (χ4v) is 3.28. The van der Waals surface area contributed by atoms with Crippen LogP contribution in [0.2, 0.25) is 0 Å². The van der Waals surface area contributed by atoms with Gasteiger partial charge in [-0.1, -0.05) is 91.8 Å². The van der Waals surface area contributed by atoms with Crippen LogP contribution in [-0.2, 0) is 11.3 Å². The summed E-state index contributed by atoms with van der Waals surface area (Å²) >= 11 is 0. The zero-order valence-electron chi connectivity index (χ0n) is 27.3. The van der Waals surface area contributed by atoms with E-state index in [4.69, 9.17) is 0 Å². The molecule has 0 aliphatic carbocycles. The minimum Gasteiger partial charge on any atom is -0.360 e. The molecule has 0 aliphatic heterocycles. The molecule has 3 aromatic rings. The molecule has 1 N–H and O–H groups in total. The molecule has 0 atom stereocenters.